The maximum atomic E-state index is 13.8. The molecule has 2 aromatic carbocycles. The Morgan fingerprint density at radius 2 is 1.71 bits per heavy atom. The van der Waals surface area contributed by atoms with Crippen LogP contribution in [0.5, 0.6) is 0 Å². The minimum Gasteiger partial charge on any atom is -0.340 e. The summed E-state index contributed by atoms with van der Waals surface area (Å²) in [5.41, 5.74) is 0.532. The third kappa shape index (κ3) is 4.32. The first kappa shape index (κ1) is 21.8. The molecule has 1 amide bonds. The van der Waals surface area contributed by atoms with Crippen LogP contribution in [0.3, 0.4) is 0 Å². The highest BCUT2D eigenvalue weighted by Gasteiger charge is 2.49. The highest BCUT2D eigenvalue weighted by molar-refractivity contribution is 5.88. The Morgan fingerprint density at radius 1 is 1.10 bits per heavy atom. The first-order valence-electron chi connectivity index (χ1n) is 10.3. The minimum absolute atomic E-state index is 0.0934. The summed E-state index contributed by atoms with van der Waals surface area (Å²) in [4.78, 5) is 17.4. The molecule has 0 bridgehead atoms. The fraction of sp³-hybridized carbons (Fsp3) is 0.435. The molecule has 1 N–H and O–H groups in total. The van der Waals surface area contributed by atoms with Crippen LogP contribution in [-0.2, 0) is 30.4 Å². The lowest BCUT2D eigenvalue weighted by molar-refractivity contribution is -0.144. The van der Waals surface area contributed by atoms with Gasteiger partial charge in [0.15, 0.2) is 0 Å². The molecule has 4 nitrogen and oxygen atoms in total. The quantitative estimate of drug-likeness (QED) is 0.749. The molecule has 1 heterocycles. The molecule has 8 heteroatoms. The Hall–Kier alpha value is -2.45. The van der Waals surface area contributed by atoms with Crippen LogP contribution in [0.4, 0.5) is 17.6 Å². The van der Waals surface area contributed by atoms with Gasteiger partial charge < -0.3 is 10.2 Å². The van der Waals surface area contributed by atoms with Gasteiger partial charge in [0.05, 0.1) is 5.56 Å². The van der Waals surface area contributed by atoms with E-state index in [9.17, 15) is 22.4 Å². The van der Waals surface area contributed by atoms with E-state index in [1.54, 1.807) is 7.05 Å². The number of benzene rings is 2. The van der Waals surface area contributed by atoms with E-state index >= 15 is 0 Å². The molecule has 1 aliphatic heterocycles. The standard InChI is InChI=1S/C23H25F4N3O/c1-29(15-16-10-19(23(25,26)27)12-20(24)11-16)21(31)22(30-8-6-28-7-9-30)13-17-4-2-3-5-18(17)14-22/h2-5,10-12,28H,6-9,13-15H2,1H3. The lowest BCUT2D eigenvalue weighted by Crippen LogP contribution is -2.63. The van der Waals surface area contributed by atoms with E-state index in [-0.39, 0.29) is 18.0 Å². The first-order valence-corrected chi connectivity index (χ1v) is 10.3. The molecule has 1 aliphatic carbocycles. The molecular formula is C23H25F4N3O. The van der Waals surface area contributed by atoms with Crippen LogP contribution in [0.2, 0.25) is 0 Å². The number of piperazine rings is 1. The van der Waals surface area contributed by atoms with Crippen LogP contribution in [0.15, 0.2) is 42.5 Å². The van der Waals surface area contributed by atoms with Gasteiger partial charge in [0, 0.05) is 52.6 Å². The molecule has 0 radical (unpaired) electrons. The van der Waals surface area contributed by atoms with E-state index < -0.39 is 23.1 Å². The van der Waals surface area contributed by atoms with Crippen molar-refractivity contribution in [1.29, 1.82) is 0 Å². The maximum Gasteiger partial charge on any atom is 0.416 e. The van der Waals surface area contributed by atoms with E-state index in [2.05, 4.69) is 10.2 Å². The average molecular weight is 435 g/mol. The second-order valence-corrected chi connectivity index (χ2v) is 8.40. The Morgan fingerprint density at radius 3 is 2.29 bits per heavy atom. The van der Waals surface area contributed by atoms with Crippen molar-refractivity contribution in [3.05, 3.63) is 70.5 Å². The summed E-state index contributed by atoms with van der Waals surface area (Å²) in [7, 11) is 1.58. The van der Waals surface area contributed by atoms with Crippen LogP contribution in [-0.4, -0.2) is 54.5 Å². The van der Waals surface area contributed by atoms with Crippen molar-refractivity contribution in [3.63, 3.8) is 0 Å². The highest BCUT2D eigenvalue weighted by Crippen LogP contribution is 2.37. The largest absolute Gasteiger partial charge is 0.416 e. The van der Waals surface area contributed by atoms with Crippen LogP contribution < -0.4 is 5.32 Å². The van der Waals surface area contributed by atoms with Crippen molar-refractivity contribution in [2.45, 2.75) is 31.1 Å². The fourth-order valence-electron chi connectivity index (χ4n) is 4.80. The Kier molecular flexibility index (Phi) is 5.79. The Balaban J connectivity index is 1.62. The van der Waals surface area contributed by atoms with Gasteiger partial charge in [-0.1, -0.05) is 24.3 Å². The van der Waals surface area contributed by atoms with Crippen LogP contribution >= 0.6 is 0 Å². The van der Waals surface area contributed by atoms with Crippen molar-refractivity contribution in [1.82, 2.24) is 15.1 Å². The lowest BCUT2D eigenvalue weighted by atomic mass is 9.90. The number of carbonyl (C=O) groups excluding carboxylic acids is 1. The molecule has 0 atom stereocenters. The fourth-order valence-corrected chi connectivity index (χ4v) is 4.80. The third-order valence-corrected chi connectivity index (χ3v) is 6.26. The van der Waals surface area contributed by atoms with Crippen LogP contribution in [0, 0.1) is 5.82 Å². The monoisotopic (exact) mass is 435 g/mol. The van der Waals surface area contributed by atoms with Crippen LogP contribution in [0.25, 0.3) is 0 Å². The van der Waals surface area contributed by atoms with Crippen molar-refractivity contribution in [2.75, 3.05) is 33.2 Å². The van der Waals surface area contributed by atoms with Gasteiger partial charge in [-0.2, -0.15) is 13.2 Å². The summed E-state index contributed by atoms with van der Waals surface area (Å²) in [6, 6.07) is 10.4. The molecule has 166 valence electrons. The minimum atomic E-state index is -4.64. The molecular weight excluding hydrogens is 410 g/mol. The molecule has 2 aliphatic rings. The zero-order chi connectivity index (χ0) is 22.2. The van der Waals surface area contributed by atoms with Crippen molar-refractivity contribution < 1.29 is 22.4 Å². The number of hydrogen-bond donors (Lipinski definition) is 1. The first-order chi connectivity index (χ1) is 14.7. The molecule has 0 spiro atoms. The molecule has 1 saturated heterocycles. The summed E-state index contributed by atoms with van der Waals surface area (Å²) < 4.78 is 53.1. The van der Waals surface area contributed by atoms with E-state index in [1.807, 2.05) is 24.3 Å². The van der Waals surface area contributed by atoms with Gasteiger partial charge >= 0.3 is 6.18 Å². The zero-order valence-corrected chi connectivity index (χ0v) is 17.3. The molecule has 0 aromatic heterocycles. The SMILES string of the molecule is CN(Cc1cc(F)cc(C(F)(F)F)c1)C(=O)C1(N2CCNCC2)Cc2ccccc2C1. The summed E-state index contributed by atoms with van der Waals surface area (Å²) in [6.45, 7) is 2.88. The van der Waals surface area contributed by atoms with Gasteiger partial charge in [-0.15, -0.1) is 0 Å². The van der Waals surface area contributed by atoms with Crippen molar-refractivity contribution in [2.24, 2.45) is 0 Å². The topological polar surface area (TPSA) is 35.6 Å². The third-order valence-electron chi connectivity index (χ3n) is 6.26. The molecule has 1 fully saturated rings. The second kappa shape index (κ2) is 8.24. The van der Waals surface area contributed by atoms with Gasteiger partial charge in [-0.25, -0.2) is 4.39 Å². The van der Waals surface area contributed by atoms with E-state index in [0.717, 1.165) is 36.3 Å². The Labute approximate surface area is 178 Å². The molecule has 2 aromatic rings. The summed E-state index contributed by atoms with van der Waals surface area (Å²) in [5.74, 6) is -1.11. The van der Waals surface area contributed by atoms with E-state index in [0.29, 0.717) is 32.0 Å². The number of amides is 1. The lowest BCUT2D eigenvalue weighted by Gasteiger charge is -2.44. The molecule has 31 heavy (non-hydrogen) atoms. The summed E-state index contributed by atoms with van der Waals surface area (Å²) >= 11 is 0. The predicted octanol–water partition coefficient (Wildman–Crippen LogP) is 3.25. The summed E-state index contributed by atoms with van der Waals surface area (Å²) in [5, 5.41) is 3.30. The van der Waals surface area contributed by atoms with Gasteiger partial charge in [0.2, 0.25) is 5.91 Å². The van der Waals surface area contributed by atoms with Gasteiger partial charge in [-0.3, -0.25) is 9.69 Å². The zero-order valence-electron chi connectivity index (χ0n) is 17.3. The smallest absolute Gasteiger partial charge is 0.340 e. The average Bonchev–Trinajstić information content (AvgIpc) is 3.13. The molecule has 0 unspecified atom stereocenters. The highest BCUT2D eigenvalue weighted by atomic mass is 19.4. The molecule has 0 saturated carbocycles. The number of carbonyl (C=O) groups is 1. The van der Waals surface area contributed by atoms with Crippen molar-refractivity contribution >= 4 is 5.91 Å². The maximum absolute atomic E-state index is 13.8. The number of nitrogens with one attached hydrogen (secondary N) is 1. The number of nitrogens with zero attached hydrogens (tertiary/aromatic N) is 2. The second-order valence-electron chi connectivity index (χ2n) is 8.40. The molecule has 4 rings (SSSR count). The number of likely N-dealkylation sites (N-methyl/N-ethyl adjacent to an activating group) is 1. The number of hydrogen-bond acceptors (Lipinski definition) is 3. The van der Waals surface area contributed by atoms with Gasteiger partial charge in [0.1, 0.15) is 11.4 Å². The predicted molar refractivity (Wildman–Crippen MR) is 109 cm³/mol. The number of alkyl halides is 3. The number of rotatable bonds is 4. The summed E-state index contributed by atoms with van der Waals surface area (Å²) in [6.07, 6.45) is -3.53. The normalized spacial score (nSPS) is 18.6. The van der Waals surface area contributed by atoms with Crippen molar-refractivity contribution in [3.8, 4) is 0 Å². The Bertz CT molecular complexity index is 945. The number of halogens is 4. The number of fused-ring (bicyclic) bond motifs is 1. The van der Waals surface area contributed by atoms with Crippen LogP contribution in [0.1, 0.15) is 22.3 Å². The van der Waals surface area contributed by atoms with Gasteiger partial charge in [-0.05, 0) is 34.9 Å². The van der Waals surface area contributed by atoms with E-state index in [4.69, 9.17) is 0 Å². The van der Waals surface area contributed by atoms with Gasteiger partial charge in [0.25, 0.3) is 0 Å². The van der Waals surface area contributed by atoms with E-state index in [1.165, 1.54) is 4.90 Å².